The van der Waals surface area contributed by atoms with E-state index in [1.54, 1.807) is 19.1 Å². The maximum Gasteiger partial charge on any atom is 0.328 e. The predicted molar refractivity (Wildman–Crippen MR) is 66.2 cm³/mol. The molecule has 1 amide bonds. The number of nitrogens with two attached hydrogens (primary N) is 1. The highest BCUT2D eigenvalue weighted by atomic mass is 16.4. The maximum absolute atomic E-state index is 11.8. The lowest BCUT2D eigenvalue weighted by molar-refractivity contribution is -0.141. The molecule has 0 saturated heterocycles. The van der Waals surface area contributed by atoms with Crippen molar-refractivity contribution in [2.75, 3.05) is 5.73 Å². The highest BCUT2D eigenvalue weighted by Gasteiger charge is 2.25. The summed E-state index contributed by atoms with van der Waals surface area (Å²) in [5, 5.41) is 20.3. The molecule has 18 heavy (non-hydrogen) atoms. The Labute approximate surface area is 104 Å². The molecule has 0 saturated carbocycles. The van der Waals surface area contributed by atoms with Gasteiger partial charge >= 0.3 is 5.97 Å². The van der Waals surface area contributed by atoms with Gasteiger partial charge in [-0.1, -0.05) is 6.07 Å². The van der Waals surface area contributed by atoms with Crippen molar-refractivity contribution in [2.45, 2.75) is 26.0 Å². The largest absolute Gasteiger partial charge is 0.480 e. The summed E-state index contributed by atoms with van der Waals surface area (Å²) in [6.07, 6.45) is -1.19. The van der Waals surface area contributed by atoms with Crippen molar-refractivity contribution >= 4 is 17.6 Å². The molecule has 98 valence electrons. The van der Waals surface area contributed by atoms with Crippen LogP contribution in [0, 0.1) is 6.92 Å². The first kappa shape index (κ1) is 14.0. The standard InChI is InChI=1S/C12H16N2O4/c1-6-3-4-8(5-9(6)13)11(16)14-10(7(2)15)12(17)18/h3-5,7,10,15H,13H2,1-2H3,(H,14,16)(H,17,18). The first-order valence-corrected chi connectivity index (χ1v) is 5.40. The van der Waals surface area contributed by atoms with E-state index < -0.39 is 24.0 Å². The minimum absolute atomic E-state index is 0.255. The molecule has 0 bridgehead atoms. The zero-order valence-electron chi connectivity index (χ0n) is 10.2. The number of carboxylic acids is 1. The Bertz CT molecular complexity index is 471. The summed E-state index contributed by atoms with van der Waals surface area (Å²) in [6, 6.07) is 3.33. The fourth-order valence-electron chi connectivity index (χ4n) is 1.39. The number of aliphatic carboxylic acids is 1. The third kappa shape index (κ3) is 3.21. The average Bonchev–Trinajstić information content (AvgIpc) is 2.28. The van der Waals surface area contributed by atoms with Crippen molar-refractivity contribution in [3.05, 3.63) is 29.3 Å². The Morgan fingerprint density at radius 3 is 2.44 bits per heavy atom. The first-order chi connectivity index (χ1) is 8.32. The maximum atomic E-state index is 11.8. The molecular formula is C12H16N2O4. The molecule has 0 aliphatic carbocycles. The van der Waals surface area contributed by atoms with E-state index in [1.807, 2.05) is 0 Å². The quantitative estimate of drug-likeness (QED) is 0.569. The normalized spacial score (nSPS) is 13.7. The number of carbonyl (C=O) groups excluding carboxylic acids is 1. The van der Waals surface area contributed by atoms with E-state index in [0.717, 1.165) is 5.56 Å². The number of nitrogen functional groups attached to an aromatic ring is 1. The zero-order valence-corrected chi connectivity index (χ0v) is 10.2. The highest BCUT2D eigenvalue weighted by molar-refractivity contribution is 5.97. The Morgan fingerprint density at radius 2 is 2.00 bits per heavy atom. The van der Waals surface area contributed by atoms with Gasteiger partial charge in [0.2, 0.25) is 0 Å². The molecule has 6 heteroatoms. The van der Waals surface area contributed by atoms with Crippen molar-refractivity contribution in [3.63, 3.8) is 0 Å². The Hall–Kier alpha value is -2.08. The predicted octanol–water partition coefficient (Wildman–Crippen LogP) is 0.141. The SMILES string of the molecule is Cc1ccc(C(=O)NC(C(=O)O)C(C)O)cc1N. The number of aryl methyl sites for hydroxylation is 1. The summed E-state index contributed by atoms with van der Waals surface area (Å²) in [7, 11) is 0. The van der Waals surface area contributed by atoms with Crippen LogP contribution in [0.25, 0.3) is 0 Å². The molecule has 0 aromatic heterocycles. The second-order valence-electron chi connectivity index (χ2n) is 4.10. The number of anilines is 1. The lowest BCUT2D eigenvalue weighted by atomic mass is 10.1. The van der Waals surface area contributed by atoms with E-state index in [1.165, 1.54) is 13.0 Å². The molecule has 1 rings (SSSR count). The van der Waals surface area contributed by atoms with Gasteiger partial charge in [0.05, 0.1) is 6.10 Å². The minimum atomic E-state index is -1.35. The number of carbonyl (C=O) groups is 2. The second-order valence-corrected chi connectivity index (χ2v) is 4.10. The van der Waals surface area contributed by atoms with Crippen LogP contribution in [0.1, 0.15) is 22.8 Å². The van der Waals surface area contributed by atoms with Gasteiger partial charge in [0.25, 0.3) is 5.91 Å². The van der Waals surface area contributed by atoms with Gasteiger partial charge in [-0.3, -0.25) is 4.79 Å². The number of aliphatic hydroxyl groups is 1. The Balaban J connectivity index is 2.87. The van der Waals surface area contributed by atoms with Gasteiger partial charge in [-0.25, -0.2) is 4.79 Å². The lowest BCUT2D eigenvalue weighted by Gasteiger charge is -2.17. The molecule has 5 N–H and O–H groups in total. The summed E-state index contributed by atoms with van der Waals surface area (Å²) in [4.78, 5) is 22.6. The molecule has 1 aromatic carbocycles. The van der Waals surface area contributed by atoms with E-state index in [9.17, 15) is 14.7 Å². The number of carboxylic acid groups (broad SMARTS) is 1. The van der Waals surface area contributed by atoms with Crippen molar-refractivity contribution in [2.24, 2.45) is 0 Å². The fraction of sp³-hybridized carbons (Fsp3) is 0.333. The number of benzene rings is 1. The molecule has 0 radical (unpaired) electrons. The third-order valence-corrected chi connectivity index (χ3v) is 2.58. The number of hydrogen-bond acceptors (Lipinski definition) is 4. The summed E-state index contributed by atoms with van der Waals surface area (Å²) in [5.74, 6) is -1.88. The van der Waals surface area contributed by atoms with Gasteiger partial charge in [-0.2, -0.15) is 0 Å². The molecule has 2 atom stereocenters. The van der Waals surface area contributed by atoms with Crippen molar-refractivity contribution in [1.82, 2.24) is 5.32 Å². The summed E-state index contributed by atoms with van der Waals surface area (Å²) >= 11 is 0. The summed E-state index contributed by atoms with van der Waals surface area (Å²) in [5.41, 5.74) is 7.20. The van der Waals surface area contributed by atoms with Gasteiger partial charge < -0.3 is 21.3 Å². The van der Waals surface area contributed by atoms with Gasteiger partial charge in [-0.15, -0.1) is 0 Å². The van der Waals surface area contributed by atoms with E-state index in [4.69, 9.17) is 10.8 Å². The van der Waals surface area contributed by atoms with Crippen LogP contribution in [0.4, 0.5) is 5.69 Å². The fourth-order valence-corrected chi connectivity index (χ4v) is 1.39. The van der Waals surface area contributed by atoms with Crippen LogP contribution in [0.2, 0.25) is 0 Å². The molecule has 1 aromatic rings. The van der Waals surface area contributed by atoms with Crippen LogP contribution >= 0.6 is 0 Å². The van der Waals surface area contributed by atoms with E-state index >= 15 is 0 Å². The van der Waals surface area contributed by atoms with Crippen LogP contribution in [0.15, 0.2) is 18.2 Å². The van der Waals surface area contributed by atoms with Gasteiger partial charge in [-0.05, 0) is 31.5 Å². The summed E-state index contributed by atoms with van der Waals surface area (Å²) < 4.78 is 0. The first-order valence-electron chi connectivity index (χ1n) is 5.40. The van der Waals surface area contributed by atoms with Crippen molar-refractivity contribution in [1.29, 1.82) is 0 Å². The van der Waals surface area contributed by atoms with Gasteiger partial charge in [0, 0.05) is 11.3 Å². The van der Waals surface area contributed by atoms with E-state index in [0.29, 0.717) is 5.69 Å². The average molecular weight is 252 g/mol. The smallest absolute Gasteiger partial charge is 0.328 e. The minimum Gasteiger partial charge on any atom is -0.480 e. The Morgan fingerprint density at radius 1 is 1.39 bits per heavy atom. The molecule has 6 nitrogen and oxygen atoms in total. The van der Waals surface area contributed by atoms with E-state index in [2.05, 4.69) is 5.32 Å². The van der Waals surface area contributed by atoms with E-state index in [-0.39, 0.29) is 5.56 Å². The monoisotopic (exact) mass is 252 g/mol. The summed E-state index contributed by atoms with van der Waals surface area (Å²) in [6.45, 7) is 3.09. The zero-order chi connectivity index (χ0) is 13.9. The van der Waals surface area contributed by atoms with Gasteiger partial charge in [0.15, 0.2) is 6.04 Å². The van der Waals surface area contributed by atoms with Crippen molar-refractivity contribution in [3.8, 4) is 0 Å². The van der Waals surface area contributed by atoms with Crippen LogP contribution in [-0.4, -0.2) is 34.2 Å². The van der Waals surface area contributed by atoms with Crippen LogP contribution in [0.3, 0.4) is 0 Å². The molecular weight excluding hydrogens is 236 g/mol. The van der Waals surface area contributed by atoms with Crippen LogP contribution in [0.5, 0.6) is 0 Å². The topological polar surface area (TPSA) is 113 Å². The highest BCUT2D eigenvalue weighted by Crippen LogP contribution is 2.13. The molecule has 0 spiro atoms. The van der Waals surface area contributed by atoms with Gasteiger partial charge in [0.1, 0.15) is 0 Å². The second kappa shape index (κ2) is 5.50. The number of aliphatic hydroxyl groups excluding tert-OH is 1. The van der Waals surface area contributed by atoms with Crippen LogP contribution < -0.4 is 11.1 Å². The number of rotatable bonds is 4. The third-order valence-electron chi connectivity index (χ3n) is 2.58. The molecule has 0 heterocycles. The number of amides is 1. The van der Waals surface area contributed by atoms with Crippen molar-refractivity contribution < 1.29 is 19.8 Å². The lowest BCUT2D eigenvalue weighted by Crippen LogP contribution is -2.47. The molecule has 0 fully saturated rings. The molecule has 0 aliphatic heterocycles. The molecule has 2 unspecified atom stereocenters. The Kier molecular flexibility index (Phi) is 4.28. The van der Waals surface area contributed by atoms with Crippen LogP contribution in [-0.2, 0) is 4.79 Å². The molecule has 0 aliphatic rings. The number of nitrogens with one attached hydrogen (secondary N) is 1. The number of hydrogen-bond donors (Lipinski definition) is 4.